The summed E-state index contributed by atoms with van der Waals surface area (Å²) in [4.78, 5) is 14.5. The van der Waals surface area contributed by atoms with Crippen LogP contribution in [-0.4, -0.2) is 10.1 Å². The van der Waals surface area contributed by atoms with Gasteiger partial charge in [0.25, 0.3) is 5.56 Å². The Morgan fingerprint density at radius 1 is 1.33 bits per heavy atom. The summed E-state index contributed by atoms with van der Waals surface area (Å²) in [6, 6.07) is 4.94. The third-order valence-electron chi connectivity index (χ3n) is 1.49. The molecule has 2 aromatic rings. The second-order valence-corrected chi connectivity index (χ2v) is 2.31. The van der Waals surface area contributed by atoms with Crippen molar-refractivity contribution in [3.63, 3.8) is 0 Å². The van der Waals surface area contributed by atoms with Crippen molar-refractivity contribution in [1.29, 1.82) is 0 Å². The molecule has 12 heavy (non-hydrogen) atoms. The third-order valence-corrected chi connectivity index (χ3v) is 1.49. The van der Waals surface area contributed by atoms with E-state index in [9.17, 15) is 4.79 Å². The Balaban J connectivity index is 2.51. The average Bonchev–Trinajstić information content (AvgIpc) is 2.54. The smallest absolute Gasteiger partial charge is 0.280 e. The Kier molecular flexibility index (Phi) is 1.51. The normalized spacial score (nSPS) is 10.0. The van der Waals surface area contributed by atoms with Gasteiger partial charge in [0.2, 0.25) is 0 Å². The van der Waals surface area contributed by atoms with Gasteiger partial charge in [0.05, 0.1) is 6.07 Å². The van der Waals surface area contributed by atoms with Gasteiger partial charge in [0, 0.05) is 18.0 Å². The van der Waals surface area contributed by atoms with Gasteiger partial charge in [-0.1, -0.05) is 0 Å². The minimum absolute atomic E-state index is 0.234. The van der Waals surface area contributed by atoms with Crippen molar-refractivity contribution in [2.45, 2.75) is 0 Å². The third kappa shape index (κ3) is 1.14. The molecular formula is C8H6N2O2. The first-order valence-corrected chi connectivity index (χ1v) is 3.45. The second kappa shape index (κ2) is 2.65. The van der Waals surface area contributed by atoms with E-state index in [1.807, 2.05) is 0 Å². The fraction of sp³-hybridized carbons (Fsp3) is 0. The van der Waals surface area contributed by atoms with E-state index in [2.05, 4.69) is 10.1 Å². The van der Waals surface area contributed by atoms with E-state index in [0.717, 1.165) is 5.56 Å². The van der Waals surface area contributed by atoms with Crippen molar-refractivity contribution in [1.82, 2.24) is 10.1 Å². The predicted molar refractivity (Wildman–Crippen MR) is 42.6 cm³/mol. The predicted octanol–water partition coefficient (Wildman–Crippen LogP) is 1.03. The lowest BCUT2D eigenvalue weighted by Gasteiger charge is -1.90. The van der Waals surface area contributed by atoms with E-state index >= 15 is 0 Å². The zero-order chi connectivity index (χ0) is 8.39. The lowest BCUT2D eigenvalue weighted by Crippen LogP contribution is -1.92. The van der Waals surface area contributed by atoms with Gasteiger partial charge < -0.3 is 4.52 Å². The highest BCUT2D eigenvalue weighted by atomic mass is 16.5. The van der Waals surface area contributed by atoms with Gasteiger partial charge in [-0.05, 0) is 12.1 Å². The summed E-state index contributed by atoms with van der Waals surface area (Å²) < 4.78 is 4.89. The highest BCUT2D eigenvalue weighted by Crippen LogP contribution is 2.14. The van der Waals surface area contributed by atoms with Crippen molar-refractivity contribution < 1.29 is 4.52 Å². The molecule has 0 unspecified atom stereocenters. The van der Waals surface area contributed by atoms with Crippen molar-refractivity contribution in [2.24, 2.45) is 0 Å². The number of pyridine rings is 1. The number of hydrogen-bond donors (Lipinski definition) is 1. The fourth-order valence-corrected chi connectivity index (χ4v) is 0.942. The molecule has 0 radical (unpaired) electrons. The Bertz CT molecular complexity index is 416. The maximum absolute atomic E-state index is 10.7. The lowest BCUT2D eigenvalue weighted by atomic mass is 10.2. The summed E-state index contributed by atoms with van der Waals surface area (Å²) in [5.74, 6) is 0.530. The topological polar surface area (TPSA) is 58.9 Å². The fourth-order valence-electron chi connectivity index (χ4n) is 0.942. The monoisotopic (exact) mass is 162 g/mol. The van der Waals surface area contributed by atoms with Crippen molar-refractivity contribution >= 4 is 0 Å². The maximum atomic E-state index is 10.7. The van der Waals surface area contributed by atoms with Gasteiger partial charge in [-0.15, -0.1) is 0 Å². The van der Waals surface area contributed by atoms with Crippen molar-refractivity contribution in [3.8, 4) is 11.3 Å². The number of nitrogens with zero attached hydrogens (tertiary/aromatic N) is 1. The molecule has 2 aromatic heterocycles. The van der Waals surface area contributed by atoms with Crippen LogP contribution < -0.4 is 5.56 Å². The van der Waals surface area contributed by atoms with E-state index in [1.54, 1.807) is 24.5 Å². The van der Waals surface area contributed by atoms with E-state index in [1.165, 1.54) is 6.07 Å². The van der Waals surface area contributed by atoms with Crippen LogP contribution in [0.25, 0.3) is 11.3 Å². The molecular weight excluding hydrogens is 156 g/mol. The molecule has 1 N–H and O–H groups in total. The van der Waals surface area contributed by atoms with Crippen LogP contribution in [0.2, 0.25) is 0 Å². The van der Waals surface area contributed by atoms with E-state index in [4.69, 9.17) is 4.52 Å². The van der Waals surface area contributed by atoms with E-state index < -0.39 is 0 Å². The van der Waals surface area contributed by atoms with Crippen LogP contribution in [0, 0.1) is 0 Å². The van der Waals surface area contributed by atoms with Gasteiger partial charge in [0.15, 0.2) is 5.76 Å². The Morgan fingerprint density at radius 3 is 2.67 bits per heavy atom. The summed E-state index contributed by atoms with van der Waals surface area (Å²) in [5.41, 5.74) is 0.602. The summed E-state index contributed by atoms with van der Waals surface area (Å²) in [7, 11) is 0. The summed E-state index contributed by atoms with van der Waals surface area (Å²) in [6.07, 6.45) is 3.28. The number of aromatic amines is 1. The molecule has 0 fully saturated rings. The molecule has 60 valence electrons. The second-order valence-electron chi connectivity index (χ2n) is 2.31. The number of hydrogen-bond acceptors (Lipinski definition) is 3. The zero-order valence-electron chi connectivity index (χ0n) is 6.15. The van der Waals surface area contributed by atoms with Crippen LogP contribution in [0.5, 0.6) is 0 Å². The molecule has 0 spiro atoms. The summed E-state index contributed by atoms with van der Waals surface area (Å²) in [6.45, 7) is 0. The standard InChI is InChI=1S/C8H6N2O2/c11-8-5-7(12-10-8)6-1-3-9-4-2-6/h1-5H,(H,10,11). The molecule has 0 aromatic carbocycles. The average molecular weight is 162 g/mol. The lowest BCUT2D eigenvalue weighted by molar-refractivity contribution is 0.426. The molecule has 0 atom stereocenters. The molecule has 0 aliphatic carbocycles. The molecule has 0 amide bonds. The molecule has 4 heteroatoms. The van der Waals surface area contributed by atoms with Gasteiger partial charge in [-0.3, -0.25) is 9.78 Å². The van der Waals surface area contributed by atoms with Crippen LogP contribution >= 0.6 is 0 Å². The maximum Gasteiger partial charge on any atom is 0.280 e. The zero-order valence-corrected chi connectivity index (χ0v) is 6.15. The Hall–Kier alpha value is -1.84. The number of nitrogens with one attached hydrogen (secondary N) is 1. The van der Waals surface area contributed by atoms with Crippen LogP contribution in [0.3, 0.4) is 0 Å². The minimum atomic E-state index is -0.234. The summed E-state index contributed by atoms with van der Waals surface area (Å²) in [5, 5.41) is 2.22. The molecule has 4 nitrogen and oxygen atoms in total. The van der Waals surface area contributed by atoms with Gasteiger partial charge >= 0.3 is 0 Å². The number of H-pyrrole nitrogens is 1. The molecule has 0 aliphatic heterocycles. The van der Waals surface area contributed by atoms with Crippen LogP contribution in [0.15, 0.2) is 39.9 Å². The van der Waals surface area contributed by atoms with E-state index in [0.29, 0.717) is 5.76 Å². The molecule has 2 heterocycles. The van der Waals surface area contributed by atoms with Crippen molar-refractivity contribution in [2.75, 3.05) is 0 Å². The van der Waals surface area contributed by atoms with Crippen LogP contribution in [-0.2, 0) is 0 Å². The Morgan fingerprint density at radius 2 is 2.08 bits per heavy atom. The largest absolute Gasteiger partial charge is 0.378 e. The quantitative estimate of drug-likeness (QED) is 0.681. The molecule has 0 saturated heterocycles. The molecule has 0 saturated carbocycles. The number of aromatic nitrogens is 2. The highest BCUT2D eigenvalue weighted by Gasteiger charge is 2.00. The summed E-state index contributed by atoms with van der Waals surface area (Å²) >= 11 is 0. The first-order chi connectivity index (χ1) is 5.86. The molecule has 2 rings (SSSR count). The van der Waals surface area contributed by atoms with Gasteiger partial charge in [-0.2, -0.15) is 5.16 Å². The van der Waals surface area contributed by atoms with E-state index in [-0.39, 0.29) is 5.56 Å². The number of rotatable bonds is 1. The first kappa shape index (κ1) is 6.84. The molecule has 0 aliphatic rings. The first-order valence-electron chi connectivity index (χ1n) is 3.45. The highest BCUT2D eigenvalue weighted by molar-refractivity contribution is 5.54. The van der Waals surface area contributed by atoms with Crippen LogP contribution in [0.4, 0.5) is 0 Å². The molecule has 0 bridgehead atoms. The Labute approximate surface area is 67.8 Å². The van der Waals surface area contributed by atoms with Crippen LogP contribution in [0.1, 0.15) is 0 Å². The van der Waals surface area contributed by atoms with Gasteiger partial charge in [-0.25, -0.2) is 0 Å². The SMILES string of the molecule is O=c1cc(-c2ccncc2)o[nH]1. The minimum Gasteiger partial charge on any atom is -0.378 e. The van der Waals surface area contributed by atoms with Gasteiger partial charge in [0.1, 0.15) is 0 Å². The van der Waals surface area contributed by atoms with Crippen molar-refractivity contribution in [3.05, 3.63) is 40.9 Å².